The number of aliphatic hydroxyl groups is 1. The van der Waals surface area contributed by atoms with Gasteiger partial charge in [-0.1, -0.05) is 39.0 Å². The Morgan fingerprint density at radius 2 is 1.00 bits per heavy atom. The van der Waals surface area contributed by atoms with Crippen LogP contribution in [0.1, 0.15) is 51.9 Å². The van der Waals surface area contributed by atoms with Crippen LogP contribution < -0.4 is 0 Å². The fourth-order valence-corrected chi connectivity index (χ4v) is 2.40. The summed E-state index contributed by atoms with van der Waals surface area (Å²) in [5, 5.41) is 8.54. The van der Waals surface area contributed by atoms with Crippen LogP contribution in [0, 0.1) is 0 Å². The molecule has 1 N–H and O–H groups in total. The van der Waals surface area contributed by atoms with E-state index in [1.807, 2.05) is 0 Å². The van der Waals surface area contributed by atoms with Crippen LogP contribution >= 0.6 is 0 Å². The molecule has 0 aliphatic heterocycles. The van der Waals surface area contributed by atoms with Crippen LogP contribution in [0.4, 0.5) is 0 Å². The molecule has 174 valence electrons. The Balaban J connectivity index is 3.04. The standard InChI is InChI=1S/C22H44O7/c1-2-3-4-5-6-7-8-9-11-24-13-15-26-17-19-28-21-22-29-20-18-27-16-14-25-12-10-23/h9,11,23H,2-8,10,12-22H2,1H3. The van der Waals surface area contributed by atoms with Crippen LogP contribution in [-0.2, 0) is 28.4 Å². The Bertz CT molecular complexity index is 314. The smallest absolute Gasteiger partial charge is 0.111 e. The van der Waals surface area contributed by atoms with Crippen molar-refractivity contribution in [2.45, 2.75) is 51.9 Å². The molecule has 0 saturated carbocycles. The molecule has 0 bridgehead atoms. The van der Waals surface area contributed by atoms with Gasteiger partial charge >= 0.3 is 0 Å². The first-order chi connectivity index (χ1) is 14.4. The fourth-order valence-electron chi connectivity index (χ4n) is 2.40. The highest BCUT2D eigenvalue weighted by atomic mass is 16.6. The molecule has 0 atom stereocenters. The first-order valence-electron chi connectivity index (χ1n) is 11.2. The highest BCUT2D eigenvalue weighted by Gasteiger charge is 1.93. The second-order valence-electron chi connectivity index (χ2n) is 6.58. The van der Waals surface area contributed by atoms with Crippen LogP contribution in [0.2, 0.25) is 0 Å². The highest BCUT2D eigenvalue weighted by molar-refractivity contribution is 4.73. The minimum absolute atomic E-state index is 0.0403. The molecule has 0 unspecified atom stereocenters. The van der Waals surface area contributed by atoms with E-state index in [0.29, 0.717) is 72.7 Å². The minimum atomic E-state index is 0.0403. The maximum atomic E-state index is 8.54. The molecule has 0 aromatic heterocycles. The van der Waals surface area contributed by atoms with Gasteiger partial charge in [0.15, 0.2) is 0 Å². The van der Waals surface area contributed by atoms with Gasteiger partial charge in [-0.15, -0.1) is 0 Å². The lowest BCUT2D eigenvalue weighted by molar-refractivity contribution is -0.0155. The third-order valence-corrected chi connectivity index (χ3v) is 3.99. The van der Waals surface area contributed by atoms with Crippen LogP contribution in [0.25, 0.3) is 0 Å². The summed E-state index contributed by atoms with van der Waals surface area (Å²) < 4.78 is 32.0. The molecule has 7 heteroatoms. The normalized spacial score (nSPS) is 11.5. The van der Waals surface area contributed by atoms with Gasteiger partial charge in [0.25, 0.3) is 0 Å². The predicted molar refractivity (Wildman–Crippen MR) is 114 cm³/mol. The second kappa shape index (κ2) is 27.3. The Hall–Kier alpha value is -0.700. The van der Waals surface area contributed by atoms with Crippen molar-refractivity contribution in [3.05, 3.63) is 12.3 Å². The molecular weight excluding hydrogens is 376 g/mol. The molecular formula is C22H44O7. The van der Waals surface area contributed by atoms with E-state index < -0.39 is 0 Å². The zero-order valence-corrected chi connectivity index (χ0v) is 18.5. The van der Waals surface area contributed by atoms with Gasteiger partial charge in [-0.25, -0.2) is 0 Å². The van der Waals surface area contributed by atoms with E-state index >= 15 is 0 Å². The summed E-state index contributed by atoms with van der Waals surface area (Å²) in [6.07, 6.45) is 12.9. The van der Waals surface area contributed by atoms with Gasteiger partial charge in [0.05, 0.1) is 78.9 Å². The largest absolute Gasteiger partial charge is 0.499 e. The summed E-state index contributed by atoms with van der Waals surface area (Å²) in [6, 6.07) is 0. The second-order valence-corrected chi connectivity index (χ2v) is 6.58. The van der Waals surface area contributed by atoms with Gasteiger partial charge in [0.1, 0.15) is 6.61 Å². The molecule has 0 aromatic rings. The summed E-state index contributed by atoms with van der Waals surface area (Å²) in [6.45, 7) is 8.02. The van der Waals surface area contributed by atoms with Crippen molar-refractivity contribution in [3.8, 4) is 0 Å². The molecule has 0 spiro atoms. The molecule has 0 rings (SSSR count). The van der Waals surface area contributed by atoms with E-state index in [9.17, 15) is 0 Å². The van der Waals surface area contributed by atoms with E-state index in [1.165, 1.54) is 38.5 Å². The SMILES string of the molecule is CCCCCCCCC=COCCOCCOCCOCCOCCOCCO. The van der Waals surface area contributed by atoms with Gasteiger partial charge in [0, 0.05) is 0 Å². The Kier molecular flexibility index (Phi) is 26.6. The van der Waals surface area contributed by atoms with Crippen molar-refractivity contribution in [1.29, 1.82) is 0 Å². The van der Waals surface area contributed by atoms with Crippen molar-refractivity contribution in [2.75, 3.05) is 79.3 Å². The van der Waals surface area contributed by atoms with Crippen molar-refractivity contribution >= 4 is 0 Å². The molecule has 0 aliphatic rings. The Morgan fingerprint density at radius 3 is 1.52 bits per heavy atom. The summed E-state index contributed by atoms with van der Waals surface area (Å²) in [4.78, 5) is 0. The van der Waals surface area contributed by atoms with E-state index in [1.54, 1.807) is 6.26 Å². The average molecular weight is 421 g/mol. The van der Waals surface area contributed by atoms with Crippen LogP contribution in [0.5, 0.6) is 0 Å². The zero-order valence-electron chi connectivity index (χ0n) is 18.5. The number of hydrogen-bond donors (Lipinski definition) is 1. The van der Waals surface area contributed by atoms with E-state index in [0.717, 1.165) is 6.42 Å². The summed E-state index contributed by atoms with van der Waals surface area (Å²) >= 11 is 0. The topological polar surface area (TPSA) is 75.6 Å². The van der Waals surface area contributed by atoms with Crippen LogP contribution in [0.15, 0.2) is 12.3 Å². The minimum Gasteiger partial charge on any atom is -0.499 e. The lowest BCUT2D eigenvalue weighted by Gasteiger charge is -2.07. The van der Waals surface area contributed by atoms with Gasteiger partial charge < -0.3 is 33.5 Å². The molecule has 0 aromatic carbocycles. The number of ether oxygens (including phenoxy) is 6. The van der Waals surface area contributed by atoms with Crippen molar-refractivity contribution in [1.82, 2.24) is 0 Å². The lowest BCUT2D eigenvalue weighted by Crippen LogP contribution is -2.14. The summed E-state index contributed by atoms with van der Waals surface area (Å²) in [5.41, 5.74) is 0. The first kappa shape index (κ1) is 28.3. The number of rotatable bonds is 25. The van der Waals surface area contributed by atoms with E-state index in [4.69, 9.17) is 33.5 Å². The third kappa shape index (κ3) is 27.3. The number of unbranched alkanes of at least 4 members (excludes halogenated alkanes) is 6. The van der Waals surface area contributed by atoms with Gasteiger partial charge in [-0.3, -0.25) is 0 Å². The summed E-state index contributed by atoms with van der Waals surface area (Å²) in [7, 11) is 0. The quantitative estimate of drug-likeness (QED) is 0.179. The predicted octanol–water partition coefficient (Wildman–Crippen LogP) is 3.34. The summed E-state index contributed by atoms with van der Waals surface area (Å²) in [5.74, 6) is 0. The van der Waals surface area contributed by atoms with Crippen LogP contribution in [0.3, 0.4) is 0 Å². The molecule has 0 heterocycles. The monoisotopic (exact) mass is 420 g/mol. The van der Waals surface area contributed by atoms with Crippen molar-refractivity contribution in [2.24, 2.45) is 0 Å². The maximum Gasteiger partial charge on any atom is 0.111 e. The van der Waals surface area contributed by atoms with Crippen LogP contribution in [-0.4, -0.2) is 84.4 Å². The molecule has 0 fully saturated rings. The highest BCUT2D eigenvalue weighted by Crippen LogP contribution is 2.07. The number of hydrogen-bond acceptors (Lipinski definition) is 7. The van der Waals surface area contributed by atoms with Crippen molar-refractivity contribution < 1.29 is 33.5 Å². The molecule has 0 radical (unpaired) electrons. The lowest BCUT2D eigenvalue weighted by atomic mass is 10.1. The van der Waals surface area contributed by atoms with Gasteiger partial charge in [-0.05, 0) is 18.9 Å². The molecule has 29 heavy (non-hydrogen) atoms. The number of aliphatic hydroxyl groups excluding tert-OH is 1. The fraction of sp³-hybridized carbons (Fsp3) is 0.909. The van der Waals surface area contributed by atoms with Gasteiger partial charge in [-0.2, -0.15) is 0 Å². The first-order valence-corrected chi connectivity index (χ1v) is 11.2. The van der Waals surface area contributed by atoms with E-state index in [2.05, 4.69) is 13.0 Å². The van der Waals surface area contributed by atoms with Crippen molar-refractivity contribution in [3.63, 3.8) is 0 Å². The average Bonchev–Trinajstić information content (AvgIpc) is 2.74. The number of allylic oxidation sites excluding steroid dienone is 1. The molecule has 0 amide bonds. The molecule has 7 nitrogen and oxygen atoms in total. The van der Waals surface area contributed by atoms with Gasteiger partial charge in [0.2, 0.25) is 0 Å². The van der Waals surface area contributed by atoms with E-state index in [-0.39, 0.29) is 6.61 Å². The Morgan fingerprint density at radius 1 is 0.552 bits per heavy atom. The molecule has 0 aliphatic carbocycles. The zero-order chi connectivity index (χ0) is 21.1. The maximum absolute atomic E-state index is 8.54. The molecule has 0 saturated heterocycles. The third-order valence-electron chi connectivity index (χ3n) is 3.99. The Labute approximate surface area is 177 Å².